The Kier molecular flexibility index (Phi) is 7.75. The third-order valence-electron chi connectivity index (χ3n) is 6.04. The molecule has 2 unspecified atom stereocenters. The average molecular weight is 454 g/mol. The molecule has 0 spiro atoms. The number of fused-ring (bicyclic) bond motifs is 1. The van der Waals surface area contributed by atoms with Crippen molar-refractivity contribution >= 4 is 22.7 Å². The number of hydrogen-bond acceptors (Lipinski definition) is 7. The van der Waals surface area contributed by atoms with Crippen molar-refractivity contribution in [1.82, 2.24) is 15.2 Å². The number of likely N-dealkylation sites (tertiary alicyclic amines) is 1. The first kappa shape index (κ1) is 24.7. The Labute approximate surface area is 195 Å². The van der Waals surface area contributed by atoms with Gasteiger partial charge in [-0.05, 0) is 62.7 Å². The zero-order valence-corrected chi connectivity index (χ0v) is 20.1. The van der Waals surface area contributed by atoms with Crippen molar-refractivity contribution in [2.75, 3.05) is 25.0 Å². The quantitative estimate of drug-likeness (QED) is 0.658. The summed E-state index contributed by atoms with van der Waals surface area (Å²) in [6, 6.07) is 8.83. The first-order valence-corrected chi connectivity index (χ1v) is 11.8. The molecule has 0 aliphatic carbocycles. The van der Waals surface area contributed by atoms with E-state index in [0.29, 0.717) is 36.0 Å². The van der Waals surface area contributed by atoms with E-state index in [1.165, 1.54) is 0 Å². The molecule has 1 aromatic carbocycles. The summed E-state index contributed by atoms with van der Waals surface area (Å²) in [5.41, 5.74) is -0.670. The summed E-state index contributed by atoms with van der Waals surface area (Å²) in [6.45, 7) is 11.0. The Morgan fingerprint density at radius 3 is 2.76 bits per heavy atom. The number of rotatable bonds is 7. The van der Waals surface area contributed by atoms with E-state index < -0.39 is 17.3 Å². The SMILES string of the molecule is CCCN1CCCC(C#N)(NC(=O)C(CC(C)(C)C)Nc2nc(=O)oc3ccccc23)CC1. The lowest BCUT2D eigenvalue weighted by atomic mass is 9.86. The van der Waals surface area contributed by atoms with Crippen molar-refractivity contribution in [3.05, 3.63) is 34.8 Å². The van der Waals surface area contributed by atoms with Crippen LogP contribution in [0.3, 0.4) is 0 Å². The second-order valence-corrected chi connectivity index (χ2v) is 10.2. The van der Waals surface area contributed by atoms with E-state index in [1.54, 1.807) is 18.2 Å². The van der Waals surface area contributed by atoms with Crippen LogP contribution in [0.1, 0.15) is 59.8 Å². The number of anilines is 1. The van der Waals surface area contributed by atoms with Crippen LogP contribution in [0, 0.1) is 16.7 Å². The maximum absolute atomic E-state index is 13.5. The summed E-state index contributed by atoms with van der Waals surface area (Å²) in [6.07, 6.45) is 3.63. The van der Waals surface area contributed by atoms with Crippen molar-refractivity contribution in [3.8, 4) is 6.07 Å². The van der Waals surface area contributed by atoms with Gasteiger partial charge in [-0.1, -0.05) is 39.8 Å². The number of hydrogen-bond donors (Lipinski definition) is 2. The lowest BCUT2D eigenvalue weighted by Crippen LogP contribution is -2.53. The van der Waals surface area contributed by atoms with Crippen LogP contribution in [0.4, 0.5) is 5.82 Å². The molecule has 1 aromatic heterocycles. The normalized spacial score (nSPS) is 20.6. The zero-order chi connectivity index (χ0) is 24.1. The molecule has 2 N–H and O–H groups in total. The van der Waals surface area contributed by atoms with E-state index in [-0.39, 0.29) is 11.3 Å². The molecule has 33 heavy (non-hydrogen) atoms. The summed E-state index contributed by atoms with van der Waals surface area (Å²) in [4.78, 5) is 31.9. The number of para-hydroxylation sites is 1. The molecule has 8 nitrogen and oxygen atoms in total. The van der Waals surface area contributed by atoms with E-state index in [4.69, 9.17) is 4.42 Å². The number of nitrogens with zero attached hydrogens (tertiary/aromatic N) is 3. The molecule has 0 radical (unpaired) electrons. The van der Waals surface area contributed by atoms with Gasteiger partial charge in [0.2, 0.25) is 5.91 Å². The standard InChI is InChI=1S/C25H35N5O3/c1-5-13-30-14-8-11-25(17-26,12-15-30)29-22(31)19(16-24(2,3)4)27-21-18-9-6-7-10-20(18)33-23(32)28-21/h6-7,9-10,19H,5,8,11-16H2,1-4H3,(H,29,31)(H,27,28,32). The van der Waals surface area contributed by atoms with E-state index in [2.05, 4.69) is 33.5 Å². The molecule has 1 amide bonds. The molecular formula is C25H35N5O3. The van der Waals surface area contributed by atoms with Crippen LogP contribution < -0.4 is 16.4 Å². The van der Waals surface area contributed by atoms with Crippen LogP contribution in [0.2, 0.25) is 0 Å². The highest BCUT2D eigenvalue weighted by Crippen LogP contribution is 2.27. The summed E-state index contributed by atoms with van der Waals surface area (Å²) in [5, 5.41) is 16.9. The topological polar surface area (TPSA) is 111 Å². The van der Waals surface area contributed by atoms with Crippen LogP contribution in [0.5, 0.6) is 0 Å². The Morgan fingerprint density at radius 1 is 1.30 bits per heavy atom. The van der Waals surface area contributed by atoms with Gasteiger partial charge >= 0.3 is 5.76 Å². The highest BCUT2D eigenvalue weighted by molar-refractivity contribution is 5.91. The Hall–Kier alpha value is -2.92. The first-order chi connectivity index (χ1) is 15.6. The van der Waals surface area contributed by atoms with Crippen molar-refractivity contribution in [3.63, 3.8) is 0 Å². The maximum Gasteiger partial charge on any atom is 0.441 e. The average Bonchev–Trinajstić information content (AvgIpc) is 2.95. The summed E-state index contributed by atoms with van der Waals surface area (Å²) < 4.78 is 5.19. The molecule has 2 atom stereocenters. The number of nitriles is 1. The van der Waals surface area contributed by atoms with Gasteiger partial charge in [-0.3, -0.25) is 4.79 Å². The van der Waals surface area contributed by atoms with E-state index in [0.717, 1.165) is 32.5 Å². The van der Waals surface area contributed by atoms with Gasteiger partial charge in [0.25, 0.3) is 0 Å². The molecular weight excluding hydrogens is 418 g/mol. The molecule has 0 saturated carbocycles. The van der Waals surface area contributed by atoms with Crippen LogP contribution in [-0.4, -0.2) is 47.0 Å². The second kappa shape index (κ2) is 10.3. The van der Waals surface area contributed by atoms with Crippen LogP contribution in [0.25, 0.3) is 11.0 Å². The second-order valence-electron chi connectivity index (χ2n) is 10.2. The molecule has 1 aliphatic rings. The van der Waals surface area contributed by atoms with Crippen molar-refractivity contribution in [1.29, 1.82) is 5.26 Å². The fourth-order valence-electron chi connectivity index (χ4n) is 4.43. The van der Waals surface area contributed by atoms with Crippen molar-refractivity contribution in [2.45, 2.75) is 71.4 Å². The number of aromatic nitrogens is 1. The molecule has 3 rings (SSSR count). The van der Waals surface area contributed by atoms with E-state index in [9.17, 15) is 14.9 Å². The molecule has 2 aromatic rings. The lowest BCUT2D eigenvalue weighted by Gasteiger charge is -2.32. The van der Waals surface area contributed by atoms with Crippen LogP contribution >= 0.6 is 0 Å². The highest BCUT2D eigenvalue weighted by Gasteiger charge is 2.37. The minimum Gasteiger partial charge on any atom is -0.408 e. The third-order valence-corrected chi connectivity index (χ3v) is 6.04. The fourth-order valence-corrected chi connectivity index (χ4v) is 4.43. The van der Waals surface area contributed by atoms with Gasteiger partial charge in [0.15, 0.2) is 0 Å². The van der Waals surface area contributed by atoms with Gasteiger partial charge in [0, 0.05) is 6.54 Å². The van der Waals surface area contributed by atoms with E-state index in [1.807, 2.05) is 26.8 Å². The lowest BCUT2D eigenvalue weighted by molar-refractivity contribution is -0.124. The van der Waals surface area contributed by atoms with E-state index >= 15 is 0 Å². The van der Waals surface area contributed by atoms with Crippen molar-refractivity contribution in [2.24, 2.45) is 5.41 Å². The number of benzene rings is 1. The highest BCUT2D eigenvalue weighted by atomic mass is 16.4. The van der Waals surface area contributed by atoms with Crippen LogP contribution in [-0.2, 0) is 4.79 Å². The Bertz CT molecular complexity index is 1070. The third kappa shape index (κ3) is 6.55. The number of amides is 1. The van der Waals surface area contributed by atoms with Gasteiger partial charge in [0.05, 0.1) is 11.5 Å². The molecule has 178 valence electrons. The summed E-state index contributed by atoms with van der Waals surface area (Å²) >= 11 is 0. The summed E-state index contributed by atoms with van der Waals surface area (Å²) in [7, 11) is 0. The molecule has 1 saturated heterocycles. The first-order valence-electron chi connectivity index (χ1n) is 11.8. The van der Waals surface area contributed by atoms with Gasteiger partial charge < -0.3 is 20.0 Å². The van der Waals surface area contributed by atoms with Gasteiger partial charge in [-0.2, -0.15) is 10.2 Å². The zero-order valence-electron chi connectivity index (χ0n) is 20.1. The molecule has 2 heterocycles. The Balaban J connectivity index is 1.86. The number of carbonyl (C=O) groups is 1. The van der Waals surface area contributed by atoms with Gasteiger partial charge in [0.1, 0.15) is 23.0 Å². The molecule has 0 bridgehead atoms. The Morgan fingerprint density at radius 2 is 2.06 bits per heavy atom. The molecule has 1 fully saturated rings. The van der Waals surface area contributed by atoms with Gasteiger partial charge in [-0.15, -0.1) is 0 Å². The predicted octanol–water partition coefficient (Wildman–Crippen LogP) is 3.68. The minimum atomic E-state index is -0.900. The smallest absolute Gasteiger partial charge is 0.408 e. The monoisotopic (exact) mass is 453 g/mol. The number of nitrogens with one attached hydrogen (secondary N) is 2. The fraction of sp³-hybridized carbons (Fsp3) is 0.600. The molecule has 8 heteroatoms. The van der Waals surface area contributed by atoms with Crippen molar-refractivity contribution < 1.29 is 9.21 Å². The predicted molar refractivity (Wildman–Crippen MR) is 129 cm³/mol. The minimum absolute atomic E-state index is 0.175. The number of carbonyl (C=O) groups excluding carboxylic acids is 1. The summed E-state index contributed by atoms with van der Waals surface area (Å²) in [5.74, 6) is -0.666. The largest absolute Gasteiger partial charge is 0.441 e. The molecule has 1 aliphatic heterocycles. The van der Waals surface area contributed by atoms with Crippen LogP contribution in [0.15, 0.2) is 33.5 Å². The van der Waals surface area contributed by atoms with Gasteiger partial charge in [-0.25, -0.2) is 4.79 Å². The maximum atomic E-state index is 13.5.